The summed E-state index contributed by atoms with van der Waals surface area (Å²) in [6, 6.07) is 17.7. The summed E-state index contributed by atoms with van der Waals surface area (Å²) in [5.41, 5.74) is 1.84. The molecule has 0 saturated heterocycles. The van der Waals surface area contributed by atoms with Crippen LogP contribution in [-0.4, -0.2) is 15.3 Å². The number of para-hydroxylation sites is 1. The highest BCUT2D eigenvalue weighted by Crippen LogP contribution is 2.16. The van der Waals surface area contributed by atoms with E-state index in [9.17, 15) is 9.59 Å². The Bertz CT molecular complexity index is 1200. The molecule has 0 radical (unpaired) electrons. The standard InChI is InChI=1S/C20H14ClN3O2/c21-16-9-3-1-6-13(16)12-22-19(25)15-8-5-11-24-18(15)23-17-10-4-2-7-14(17)20(24)26/h1-11H,12H2,(H,22,25). The predicted octanol–water partition coefficient (Wildman–Crippen LogP) is 3.43. The average molecular weight is 364 g/mol. The minimum absolute atomic E-state index is 0.202. The van der Waals surface area contributed by atoms with Crippen molar-refractivity contribution in [3.8, 4) is 0 Å². The fraction of sp³-hybridized carbons (Fsp3) is 0.0500. The summed E-state index contributed by atoms with van der Waals surface area (Å²) in [6.45, 7) is 0.289. The highest BCUT2D eigenvalue weighted by Gasteiger charge is 2.14. The number of aromatic nitrogens is 2. The summed E-state index contributed by atoms with van der Waals surface area (Å²) in [4.78, 5) is 29.8. The first-order valence-electron chi connectivity index (χ1n) is 8.07. The molecule has 26 heavy (non-hydrogen) atoms. The molecule has 0 atom stereocenters. The van der Waals surface area contributed by atoms with Gasteiger partial charge in [-0.1, -0.05) is 41.9 Å². The number of rotatable bonds is 3. The molecule has 1 N–H and O–H groups in total. The van der Waals surface area contributed by atoms with Gasteiger partial charge in [-0.05, 0) is 35.9 Å². The van der Waals surface area contributed by atoms with E-state index >= 15 is 0 Å². The molecular formula is C20H14ClN3O2. The van der Waals surface area contributed by atoms with Crippen LogP contribution in [0.5, 0.6) is 0 Å². The lowest BCUT2D eigenvalue weighted by Gasteiger charge is -2.10. The Hall–Kier alpha value is -3.18. The SMILES string of the molecule is O=C(NCc1ccccc1Cl)c1cccn2c(=O)c3ccccc3nc12. The summed E-state index contributed by atoms with van der Waals surface area (Å²) in [5, 5.41) is 3.94. The van der Waals surface area contributed by atoms with Gasteiger partial charge in [0.15, 0.2) is 5.65 Å². The van der Waals surface area contributed by atoms with Gasteiger partial charge in [-0.3, -0.25) is 14.0 Å². The molecule has 0 bridgehead atoms. The zero-order chi connectivity index (χ0) is 18.1. The topological polar surface area (TPSA) is 63.5 Å². The minimum Gasteiger partial charge on any atom is -0.348 e. The van der Waals surface area contributed by atoms with Gasteiger partial charge in [0.25, 0.3) is 11.5 Å². The number of hydrogen-bond donors (Lipinski definition) is 1. The zero-order valence-electron chi connectivity index (χ0n) is 13.6. The van der Waals surface area contributed by atoms with Gasteiger partial charge in [0.05, 0.1) is 16.5 Å². The quantitative estimate of drug-likeness (QED) is 0.567. The number of amides is 1. The second-order valence-electron chi connectivity index (χ2n) is 5.82. The van der Waals surface area contributed by atoms with Crippen molar-refractivity contribution in [2.45, 2.75) is 6.54 Å². The molecule has 0 aliphatic rings. The van der Waals surface area contributed by atoms with E-state index in [0.29, 0.717) is 27.1 Å². The molecule has 0 aliphatic heterocycles. The molecule has 2 heterocycles. The summed E-state index contributed by atoms with van der Waals surface area (Å²) < 4.78 is 1.40. The summed E-state index contributed by atoms with van der Waals surface area (Å²) in [7, 11) is 0. The third kappa shape index (κ3) is 2.82. The smallest absolute Gasteiger partial charge is 0.265 e. The number of pyridine rings is 1. The number of carbonyl (C=O) groups excluding carboxylic acids is 1. The normalized spacial score (nSPS) is 11.0. The van der Waals surface area contributed by atoms with Crippen LogP contribution in [0.2, 0.25) is 5.02 Å². The van der Waals surface area contributed by atoms with Crippen LogP contribution in [0.1, 0.15) is 15.9 Å². The molecule has 0 unspecified atom stereocenters. The summed E-state index contributed by atoms with van der Waals surface area (Å²) >= 11 is 6.13. The van der Waals surface area contributed by atoms with E-state index in [4.69, 9.17) is 11.6 Å². The van der Waals surface area contributed by atoms with Crippen molar-refractivity contribution < 1.29 is 4.79 Å². The maximum Gasteiger partial charge on any atom is 0.265 e. The second-order valence-corrected chi connectivity index (χ2v) is 6.23. The number of fused-ring (bicyclic) bond motifs is 2. The van der Waals surface area contributed by atoms with E-state index in [1.165, 1.54) is 4.40 Å². The van der Waals surface area contributed by atoms with Gasteiger partial charge in [0.1, 0.15) is 0 Å². The Morgan fingerprint density at radius 3 is 2.65 bits per heavy atom. The molecule has 4 rings (SSSR count). The maximum atomic E-state index is 12.7. The summed E-state index contributed by atoms with van der Waals surface area (Å²) in [6.07, 6.45) is 1.61. The fourth-order valence-corrected chi connectivity index (χ4v) is 3.07. The van der Waals surface area contributed by atoms with E-state index in [0.717, 1.165) is 5.56 Å². The number of nitrogens with zero attached hydrogens (tertiary/aromatic N) is 2. The third-order valence-electron chi connectivity index (χ3n) is 4.19. The average Bonchev–Trinajstić information content (AvgIpc) is 2.67. The van der Waals surface area contributed by atoms with Crippen LogP contribution in [-0.2, 0) is 6.54 Å². The third-order valence-corrected chi connectivity index (χ3v) is 4.56. The summed E-state index contributed by atoms with van der Waals surface area (Å²) in [5.74, 6) is -0.315. The Balaban J connectivity index is 1.75. The number of halogens is 1. The molecular weight excluding hydrogens is 350 g/mol. The van der Waals surface area contributed by atoms with E-state index in [2.05, 4.69) is 10.3 Å². The van der Waals surface area contributed by atoms with E-state index < -0.39 is 0 Å². The van der Waals surface area contributed by atoms with Gasteiger partial charge in [-0.15, -0.1) is 0 Å². The van der Waals surface area contributed by atoms with E-state index in [-0.39, 0.29) is 18.0 Å². The van der Waals surface area contributed by atoms with Gasteiger partial charge in [0.2, 0.25) is 0 Å². The van der Waals surface area contributed by atoms with Gasteiger partial charge < -0.3 is 5.32 Å². The van der Waals surface area contributed by atoms with E-state index in [1.54, 1.807) is 42.6 Å². The molecule has 2 aromatic heterocycles. The van der Waals surface area contributed by atoms with E-state index in [1.807, 2.05) is 24.3 Å². The Labute approximate surface area is 153 Å². The molecule has 128 valence electrons. The minimum atomic E-state index is -0.315. The monoisotopic (exact) mass is 363 g/mol. The van der Waals surface area contributed by atoms with Crippen LogP contribution >= 0.6 is 11.6 Å². The molecule has 6 heteroatoms. The van der Waals surface area contributed by atoms with Gasteiger partial charge >= 0.3 is 0 Å². The molecule has 0 saturated carbocycles. The van der Waals surface area contributed by atoms with Crippen molar-refractivity contribution >= 4 is 34.1 Å². The Morgan fingerprint density at radius 1 is 1.04 bits per heavy atom. The highest BCUT2D eigenvalue weighted by molar-refractivity contribution is 6.31. The van der Waals surface area contributed by atoms with Crippen LogP contribution in [0.15, 0.2) is 71.7 Å². The Kier molecular flexibility index (Phi) is 4.14. The lowest BCUT2D eigenvalue weighted by atomic mass is 10.2. The lowest BCUT2D eigenvalue weighted by molar-refractivity contribution is 0.0952. The van der Waals surface area contributed by atoms with Crippen LogP contribution in [0.3, 0.4) is 0 Å². The van der Waals surface area contributed by atoms with Crippen LogP contribution < -0.4 is 10.9 Å². The second kappa shape index (κ2) is 6.61. The van der Waals surface area contributed by atoms with Crippen molar-refractivity contribution in [3.05, 3.63) is 93.4 Å². The highest BCUT2D eigenvalue weighted by atomic mass is 35.5. The molecule has 0 aliphatic carbocycles. The van der Waals surface area contributed by atoms with Crippen molar-refractivity contribution in [3.63, 3.8) is 0 Å². The number of carbonyl (C=O) groups is 1. The largest absolute Gasteiger partial charge is 0.348 e. The van der Waals surface area contributed by atoms with Crippen LogP contribution in [0.4, 0.5) is 0 Å². The molecule has 4 aromatic rings. The van der Waals surface area contributed by atoms with Gasteiger partial charge in [-0.2, -0.15) is 0 Å². The Morgan fingerprint density at radius 2 is 1.81 bits per heavy atom. The fourth-order valence-electron chi connectivity index (χ4n) is 2.86. The number of hydrogen-bond acceptors (Lipinski definition) is 3. The van der Waals surface area contributed by atoms with Crippen LogP contribution in [0, 0.1) is 0 Å². The molecule has 2 aromatic carbocycles. The molecule has 1 amide bonds. The predicted molar refractivity (Wildman–Crippen MR) is 102 cm³/mol. The first kappa shape index (κ1) is 16.3. The van der Waals surface area contributed by atoms with Crippen molar-refractivity contribution in [1.29, 1.82) is 0 Å². The lowest BCUT2D eigenvalue weighted by Crippen LogP contribution is -2.25. The number of nitrogens with one attached hydrogen (secondary N) is 1. The first-order valence-corrected chi connectivity index (χ1v) is 8.44. The molecule has 0 spiro atoms. The molecule has 0 fully saturated rings. The first-order chi connectivity index (χ1) is 12.6. The van der Waals surface area contributed by atoms with Crippen molar-refractivity contribution in [1.82, 2.24) is 14.7 Å². The van der Waals surface area contributed by atoms with Crippen LogP contribution in [0.25, 0.3) is 16.6 Å². The molecule has 5 nitrogen and oxygen atoms in total. The van der Waals surface area contributed by atoms with Gasteiger partial charge in [0, 0.05) is 17.8 Å². The van der Waals surface area contributed by atoms with Crippen molar-refractivity contribution in [2.75, 3.05) is 0 Å². The maximum absolute atomic E-state index is 12.7. The zero-order valence-corrected chi connectivity index (χ0v) is 14.4. The van der Waals surface area contributed by atoms with Gasteiger partial charge in [-0.25, -0.2) is 4.98 Å². The van der Waals surface area contributed by atoms with Crippen molar-refractivity contribution in [2.24, 2.45) is 0 Å². The number of benzene rings is 2.